The van der Waals surface area contributed by atoms with Gasteiger partial charge >= 0.3 is 0 Å². The molecule has 0 bridgehead atoms. The monoisotopic (exact) mass is 286 g/mol. The largest absolute Gasteiger partial charge is 0.306 e. The van der Waals surface area contributed by atoms with Crippen LogP contribution < -0.4 is 5.32 Å². The third-order valence-electron chi connectivity index (χ3n) is 3.34. The van der Waals surface area contributed by atoms with Crippen LogP contribution in [0.25, 0.3) is 10.1 Å². The SMILES string of the molecule is CCNC(c1ccncc1F)c1cccc2ccsc12. The highest BCUT2D eigenvalue weighted by Crippen LogP contribution is 2.33. The Bertz CT molecular complexity index is 723. The molecule has 0 fully saturated rings. The van der Waals surface area contributed by atoms with E-state index in [-0.39, 0.29) is 11.9 Å². The average Bonchev–Trinajstić information content (AvgIpc) is 2.94. The van der Waals surface area contributed by atoms with Crippen LogP contribution in [0.2, 0.25) is 0 Å². The minimum Gasteiger partial charge on any atom is -0.306 e. The van der Waals surface area contributed by atoms with Crippen LogP contribution in [0.5, 0.6) is 0 Å². The number of aromatic nitrogens is 1. The fourth-order valence-electron chi connectivity index (χ4n) is 2.46. The van der Waals surface area contributed by atoms with Gasteiger partial charge in [-0.3, -0.25) is 4.98 Å². The van der Waals surface area contributed by atoms with Gasteiger partial charge in [0.05, 0.1) is 12.2 Å². The Hall–Kier alpha value is -1.78. The zero-order valence-electron chi connectivity index (χ0n) is 11.1. The number of hydrogen-bond donors (Lipinski definition) is 1. The highest BCUT2D eigenvalue weighted by molar-refractivity contribution is 7.17. The lowest BCUT2D eigenvalue weighted by molar-refractivity contribution is 0.556. The quantitative estimate of drug-likeness (QED) is 0.780. The lowest BCUT2D eigenvalue weighted by Gasteiger charge is -2.20. The van der Waals surface area contributed by atoms with Crippen molar-refractivity contribution in [2.75, 3.05) is 6.54 Å². The van der Waals surface area contributed by atoms with Gasteiger partial charge in [-0.25, -0.2) is 4.39 Å². The van der Waals surface area contributed by atoms with Crippen LogP contribution in [0.15, 0.2) is 48.1 Å². The van der Waals surface area contributed by atoms with Gasteiger partial charge in [-0.15, -0.1) is 11.3 Å². The van der Waals surface area contributed by atoms with E-state index in [1.54, 1.807) is 23.6 Å². The molecule has 0 spiro atoms. The summed E-state index contributed by atoms with van der Waals surface area (Å²) in [5, 5.41) is 6.65. The van der Waals surface area contributed by atoms with E-state index in [0.29, 0.717) is 5.56 Å². The highest BCUT2D eigenvalue weighted by atomic mass is 32.1. The first-order valence-corrected chi connectivity index (χ1v) is 7.48. The molecule has 0 saturated heterocycles. The molecule has 2 heterocycles. The maximum Gasteiger partial charge on any atom is 0.146 e. The normalized spacial score (nSPS) is 12.7. The molecule has 0 aliphatic heterocycles. The molecule has 0 aliphatic carbocycles. The van der Waals surface area contributed by atoms with Gasteiger partial charge in [0.15, 0.2) is 0 Å². The number of benzene rings is 1. The number of thiophene rings is 1. The fourth-order valence-corrected chi connectivity index (χ4v) is 3.40. The Morgan fingerprint density at radius 1 is 1.25 bits per heavy atom. The maximum atomic E-state index is 14.1. The zero-order valence-corrected chi connectivity index (χ0v) is 12.0. The number of hydrogen-bond acceptors (Lipinski definition) is 3. The van der Waals surface area contributed by atoms with E-state index in [9.17, 15) is 4.39 Å². The summed E-state index contributed by atoms with van der Waals surface area (Å²) in [6, 6.07) is 9.86. The van der Waals surface area contributed by atoms with Crippen molar-refractivity contribution in [3.05, 3.63) is 65.0 Å². The second-order valence-electron chi connectivity index (χ2n) is 4.57. The van der Waals surface area contributed by atoms with Crippen LogP contribution in [0, 0.1) is 5.82 Å². The second kappa shape index (κ2) is 5.69. The molecule has 1 N–H and O–H groups in total. The number of nitrogens with one attached hydrogen (secondary N) is 1. The van der Waals surface area contributed by atoms with Crippen LogP contribution >= 0.6 is 11.3 Å². The highest BCUT2D eigenvalue weighted by Gasteiger charge is 2.19. The van der Waals surface area contributed by atoms with Crippen molar-refractivity contribution in [2.24, 2.45) is 0 Å². The van der Waals surface area contributed by atoms with Gasteiger partial charge < -0.3 is 5.32 Å². The minimum atomic E-state index is -0.271. The summed E-state index contributed by atoms with van der Waals surface area (Å²) in [4.78, 5) is 3.83. The van der Waals surface area contributed by atoms with Crippen molar-refractivity contribution in [2.45, 2.75) is 13.0 Å². The predicted molar refractivity (Wildman–Crippen MR) is 81.5 cm³/mol. The average molecular weight is 286 g/mol. The molecule has 1 atom stereocenters. The topological polar surface area (TPSA) is 24.9 Å². The molecule has 0 radical (unpaired) electrons. The Balaban J connectivity index is 2.16. The number of pyridine rings is 1. The summed E-state index contributed by atoms with van der Waals surface area (Å²) >= 11 is 1.69. The predicted octanol–water partition coefficient (Wildman–Crippen LogP) is 4.13. The zero-order chi connectivity index (χ0) is 13.9. The van der Waals surface area contributed by atoms with E-state index in [1.807, 2.05) is 13.0 Å². The number of fused-ring (bicyclic) bond motifs is 1. The lowest BCUT2D eigenvalue weighted by Crippen LogP contribution is -2.23. The Morgan fingerprint density at radius 3 is 2.95 bits per heavy atom. The standard InChI is InChI=1S/C16H15FN2S/c1-2-19-15(12-6-8-18-10-14(12)17)13-5-3-4-11-7-9-20-16(11)13/h3-10,15,19H,2H2,1H3. The van der Waals surface area contributed by atoms with Crippen LogP contribution in [0.4, 0.5) is 4.39 Å². The molecule has 0 saturated carbocycles. The molecule has 102 valence electrons. The molecular weight excluding hydrogens is 271 g/mol. The Kier molecular flexibility index (Phi) is 3.76. The summed E-state index contributed by atoms with van der Waals surface area (Å²) in [6.07, 6.45) is 2.91. The van der Waals surface area contributed by atoms with E-state index in [2.05, 4.69) is 33.9 Å². The molecule has 1 unspecified atom stereocenters. The van der Waals surface area contributed by atoms with Crippen molar-refractivity contribution in [3.8, 4) is 0 Å². The summed E-state index contributed by atoms with van der Waals surface area (Å²) < 4.78 is 15.3. The van der Waals surface area contributed by atoms with Gasteiger partial charge in [0.1, 0.15) is 5.82 Å². The van der Waals surface area contributed by atoms with Crippen LogP contribution in [0.1, 0.15) is 24.1 Å². The van der Waals surface area contributed by atoms with Gasteiger partial charge in [-0.1, -0.05) is 25.1 Å². The minimum absolute atomic E-state index is 0.148. The number of nitrogens with zero attached hydrogens (tertiary/aromatic N) is 1. The van der Waals surface area contributed by atoms with Gasteiger partial charge in [0, 0.05) is 16.5 Å². The summed E-state index contributed by atoms with van der Waals surface area (Å²) in [6.45, 7) is 2.80. The van der Waals surface area contributed by atoms with Crippen molar-refractivity contribution in [1.29, 1.82) is 0 Å². The summed E-state index contributed by atoms with van der Waals surface area (Å²) in [7, 11) is 0. The Labute approximate surface area is 121 Å². The molecular formula is C16H15FN2S. The smallest absolute Gasteiger partial charge is 0.146 e. The van der Waals surface area contributed by atoms with Gasteiger partial charge in [-0.2, -0.15) is 0 Å². The first-order chi connectivity index (χ1) is 9.81. The van der Waals surface area contributed by atoms with Gasteiger partial charge in [-0.05, 0) is 35.0 Å². The van der Waals surface area contributed by atoms with Crippen molar-refractivity contribution >= 4 is 21.4 Å². The molecule has 2 nitrogen and oxygen atoms in total. The van der Waals surface area contributed by atoms with Gasteiger partial charge in [0.2, 0.25) is 0 Å². The van der Waals surface area contributed by atoms with E-state index < -0.39 is 0 Å². The van der Waals surface area contributed by atoms with E-state index in [0.717, 1.165) is 12.1 Å². The van der Waals surface area contributed by atoms with Crippen molar-refractivity contribution < 1.29 is 4.39 Å². The first-order valence-electron chi connectivity index (χ1n) is 6.60. The molecule has 3 rings (SSSR count). The fraction of sp³-hybridized carbons (Fsp3) is 0.188. The number of halogens is 1. The molecule has 0 amide bonds. The Morgan fingerprint density at radius 2 is 2.15 bits per heavy atom. The van der Waals surface area contributed by atoms with Crippen LogP contribution in [-0.4, -0.2) is 11.5 Å². The second-order valence-corrected chi connectivity index (χ2v) is 5.49. The van der Waals surface area contributed by atoms with E-state index in [1.165, 1.54) is 16.3 Å². The van der Waals surface area contributed by atoms with Crippen molar-refractivity contribution in [3.63, 3.8) is 0 Å². The third-order valence-corrected chi connectivity index (χ3v) is 4.32. The first kappa shape index (κ1) is 13.2. The molecule has 0 aliphatic rings. The molecule has 4 heteroatoms. The third kappa shape index (κ3) is 2.32. The molecule has 20 heavy (non-hydrogen) atoms. The number of rotatable bonds is 4. The molecule has 1 aromatic carbocycles. The summed E-state index contributed by atoms with van der Waals surface area (Å²) in [5.41, 5.74) is 1.76. The van der Waals surface area contributed by atoms with Crippen LogP contribution in [-0.2, 0) is 0 Å². The van der Waals surface area contributed by atoms with E-state index >= 15 is 0 Å². The van der Waals surface area contributed by atoms with Crippen molar-refractivity contribution in [1.82, 2.24) is 10.3 Å². The van der Waals surface area contributed by atoms with Crippen LogP contribution in [0.3, 0.4) is 0 Å². The maximum absolute atomic E-state index is 14.1. The summed E-state index contributed by atoms with van der Waals surface area (Å²) in [5.74, 6) is -0.271. The molecule has 2 aromatic heterocycles. The van der Waals surface area contributed by atoms with E-state index in [4.69, 9.17) is 0 Å². The van der Waals surface area contributed by atoms with Gasteiger partial charge in [0.25, 0.3) is 0 Å². The lowest BCUT2D eigenvalue weighted by atomic mass is 9.98. The molecule has 3 aromatic rings.